The fourth-order valence-corrected chi connectivity index (χ4v) is 4.22. The van der Waals surface area contributed by atoms with Crippen LogP contribution in [0, 0.1) is 0 Å². The van der Waals surface area contributed by atoms with Gasteiger partial charge in [-0.05, 0) is 23.8 Å². The van der Waals surface area contributed by atoms with Gasteiger partial charge in [-0.2, -0.15) is 0 Å². The first-order valence-electron chi connectivity index (χ1n) is 9.87. The number of hydrogen-bond donors (Lipinski definition) is 1. The normalized spacial score (nSPS) is 14.7. The summed E-state index contributed by atoms with van der Waals surface area (Å²) in [6, 6.07) is 15.4. The van der Waals surface area contributed by atoms with Gasteiger partial charge in [-0.3, -0.25) is 9.69 Å². The van der Waals surface area contributed by atoms with Crippen molar-refractivity contribution in [2.75, 3.05) is 32.1 Å². The zero-order chi connectivity index (χ0) is 20.8. The number of aromatic nitrogens is 2. The first-order chi connectivity index (χ1) is 14.7. The van der Waals surface area contributed by atoms with Gasteiger partial charge in [-0.1, -0.05) is 53.7 Å². The number of benzene rings is 2. The Bertz CT molecular complexity index is 1010. The molecule has 0 atom stereocenters. The fourth-order valence-electron chi connectivity index (χ4n) is 3.22. The Morgan fingerprint density at radius 2 is 1.87 bits per heavy atom. The van der Waals surface area contributed by atoms with E-state index >= 15 is 0 Å². The predicted molar refractivity (Wildman–Crippen MR) is 120 cm³/mol. The maximum absolute atomic E-state index is 12.4. The van der Waals surface area contributed by atoms with Gasteiger partial charge < -0.3 is 10.1 Å². The second-order valence-corrected chi connectivity index (χ2v) is 8.44. The molecule has 0 radical (unpaired) electrons. The summed E-state index contributed by atoms with van der Waals surface area (Å²) in [4.78, 5) is 24.2. The van der Waals surface area contributed by atoms with Crippen molar-refractivity contribution in [1.82, 2.24) is 20.2 Å². The fraction of sp³-hybridized carbons (Fsp3) is 0.318. The summed E-state index contributed by atoms with van der Waals surface area (Å²) in [6.07, 6.45) is 0. The van der Waals surface area contributed by atoms with Crippen LogP contribution in [0.4, 0.5) is 0 Å². The Morgan fingerprint density at radius 1 is 1.10 bits per heavy atom. The molecule has 1 amide bonds. The molecule has 0 saturated carbocycles. The molecule has 0 aliphatic carbocycles. The molecule has 1 saturated heterocycles. The summed E-state index contributed by atoms with van der Waals surface area (Å²) in [5.74, 6) is 1.04. The third-order valence-corrected chi connectivity index (χ3v) is 6.07. The summed E-state index contributed by atoms with van der Waals surface area (Å²) in [5, 5.41) is 5.44. The van der Waals surface area contributed by atoms with Crippen molar-refractivity contribution in [3.63, 3.8) is 0 Å². The van der Waals surface area contributed by atoms with Crippen molar-refractivity contribution in [3.8, 4) is 0 Å². The Balaban J connectivity index is 1.41. The zero-order valence-electron chi connectivity index (χ0n) is 16.5. The molecule has 1 aliphatic rings. The number of carbonyl (C=O) groups excluding carboxylic acids is 1. The molecule has 1 aliphatic heterocycles. The number of amides is 1. The second kappa shape index (κ2) is 10.2. The van der Waals surface area contributed by atoms with Gasteiger partial charge in [-0.25, -0.2) is 9.97 Å². The molecule has 8 heteroatoms. The SMILES string of the molecule is O=C(CSc1nc(CN2CCOCC2)nc2ccccc12)NCc1ccc(Cl)cc1. The van der Waals surface area contributed by atoms with Crippen LogP contribution >= 0.6 is 23.4 Å². The summed E-state index contributed by atoms with van der Waals surface area (Å²) < 4.78 is 5.42. The number of carbonyl (C=O) groups is 1. The van der Waals surface area contributed by atoms with E-state index in [4.69, 9.17) is 26.3 Å². The van der Waals surface area contributed by atoms with Gasteiger partial charge in [0.25, 0.3) is 0 Å². The maximum atomic E-state index is 12.4. The molecular weight excluding hydrogens is 420 g/mol. The van der Waals surface area contributed by atoms with Crippen LogP contribution in [0.25, 0.3) is 10.9 Å². The Hall–Kier alpha value is -2.19. The number of morpholine rings is 1. The molecule has 3 aromatic rings. The van der Waals surface area contributed by atoms with Crippen molar-refractivity contribution in [3.05, 3.63) is 64.9 Å². The highest BCUT2D eigenvalue weighted by Crippen LogP contribution is 2.25. The van der Waals surface area contributed by atoms with Crippen LogP contribution < -0.4 is 5.32 Å². The molecule has 0 spiro atoms. The van der Waals surface area contributed by atoms with Gasteiger partial charge in [0.05, 0.1) is 31.0 Å². The molecular formula is C22H23ClN4O2S. The smallest absolute Gasteiger partial charge is 0.230 e. The van der Waals surface area contributed by atoms with Crippen molar-refractivity contribution < 1.29 is 9.53 Å². The average molecular weight is 443 g/mol. The van der Waals surface area contributed by atoms with Gasteiger partial charge >= 0.3 is 0 Å². The third-order valence-electron chi connectivity index (χ3n) is 4.83. The van der Waals surface area contributed by atoms with E-state index in [-0.39, 0.29) is 5.91 Å². The largest absolute Gasteiger partial charge is 0.379 e. The number of fused-ring (bicyclic) bond motifs is 1. The van der Waals surface area contributed by atoms with Gasteiger partial charge in [-0.15, -0.1) is 0 Å². The van der Waals surface area contributed by atoms with Crippen LogP contribution in [0.2, 0.25) is 5.02 Å². The summed E-state index contributed by atoms with van der Waals surface area (Å²) in [5.41, 5.74) is 1.91. The number of ether oxygens (including phenoxy) is 1. The number of rotatable bonds is 7. The Kier molecular flexibility index (Phi) is 7.17. The minimum atomic E-state index is -0.0348. The van der Waals surface area contributed by atoms with E-state index < -0.39 is 0 Å². The van der Waals surface area contributed by atoms with Crippen molar-refractivity contribution in [2.24, 2.45) is 0 Å². The van der Waals surface area contributed by atoms with Crippen LogP contribution in [0.5, 0.6) is 0 Å². The molecule has 1 N–H and O–H groups in total. The highest BCUT2D eigenvalue weighted by molar-refractivity contribution is 8.00. The first kappa shape index (κ1) is 21.1. The van der Waals surface area contributed by atoms with Crippen molar-refractivity contribution in [2.45, 2.75) is 18.1 Å². The molecule has 156 valence electrons. The van der Waals surface area contributed by atoms with Crippen LogP contribution in [-0.2, 0) is 22.6 Å². The molecule has 6 nitrogen and oxygen atoms in total. The summed E-state index contributed by atoms with van der Waals surface area (Å²) in [6.45, 7) is 4.40. The van der Waals surface area contributed by atoms with Crippen molar-refractivity contribution in [1.29, 1.82) is 0 Å². The van der Waals surface area contributed by atoms with E-state index in [0.717, 1.165) is 53.6 Å². The Morgan fingerprint density at radius 3 is 2.67 bits per heavy atom. The monoisotopic (exact) mass is 442 g/mol. The lowest BCUT2D eigenvalue weighted by atomic mass is 10.2. The van der Waals surface area contributed by atoms with Crippen LogP contribution in [0.1, 0.15) is 11.4 Å². The number of thioether (sulfide) groups is 1. The van der Waals surface area contributed by atoms with E-state index in [2.05, 4.69) is 10.2 Å². The number of para-hydroxylation sites is 1. The molecule has 2 aromatic carbocycles. The number of hydrogen-bond acceptors (Lipinski definition) is 6. The van der Waals surface area contributed by atoms with Crippen LogP contribution in [-0.4, -0.2) is 52.8 Å². The zero-order valence-corrected chi connectivity index (χ0v) is 18.1. The van der Waals surface area contributed by atoms with Gasteiger partial charge in [0.2, 0.25) is 5.91 Å². The summed E-state index contributed by atoms with van der Waals surface area (Å²) in [7, 11) is 0. The molecule has 30 heavy (non-hydrogen) atoms. The lowest BCUT2D eigenvalue weighted by molar-refractivity contribution is -0.118. The average Bonchev–Trinajstić information content (AvgIpc) is 2.78. The molecule has 2 heterocycles. The minimum absolute atomic E-state index is 0.0348. The van der Waals surface area contributed by atoms with E-state index in [1.807, 2.05) is 48.5 Å². The van der Waals surface area contributed by atoms with Crippen LogP contribution in [0.3, 0.4) is 0 Å². The number of halogens is 1. The number of nitrogens with zero attached hydrogens (tertiary/aromatic N) is 3. The maximum Gasteiger partial charge on any atom is 0.230 e. The predicted octanol–water partition coefficient (Wildman–Crippen LogP) is 3.52. The lowest BCUT2D eigenvalue weighted by Gasteiger charge is -2.25. The molecule has 4 rings (SSSR count). The standard InChI is InChI=1S/C22H23ClN4O2S/c23-17-7-5-16(6-8-17)13-24-21(28)15-30-22-18-3-1-2-4-19(18)25-20(26-22)14-27-9-11-29-12-10-27/h1-8H,9-15H2,(H,24,28). The Labute approximate surface area is 185 Å². The second-order valence-electron chi connectivity index (χ2n) is 7.04. The molecule has 0 bridgehead atoms. The van der Waals surface area contributed by atoms with E-state index in [0.29, 0.717) is 23.9 Å². The lowest BCUT2D eigenvalue weighted by Crippen LogP contribution is -2.36. The topological polar surface area (TPSA) is 67.4 Å². The van der Waals surface area contributed by atoms with Gasteiger partial charge in [0.1, 0.15) is 10.9 Å². The summed E-state index contributed by atoms with van der Waals surface area (Å²) >= 11 is 7.35. The van der Waals surface area contributed by atoms with Crippen LogP contribution in [0.15, 0.2) is 53.6 Å². The molecule has 1 aromatic heterocycles. The third kappa shape index (κ3) is 5.70. The highest BCUT2D eigenvalue weighted by atomic mass is 35.5. The molecule has 1 fully saturated rings. The van der Waals surface area contributed by atoms with Gasteiger partial charge in [0, 0.05) is 30.0 Å². The first-order valence-corrected chi connectivity index (χ1v) is 11.2. The van der Waals surface area contributed by atoms with E-state index in [9.17, 15) is 4.79 Å². The van der Waals surface area contributed by atoms with Crippen molar-refractivity contribution >= 4 is 40.2 Å². The van der Waals surface area contributed by atoms with Gasteiger partial charge in [0.15, 0.2) is 0 Å². The molecule has 0 unspecified atom stereocenters. The van der Waals surface area contributed by atoms with E-state index in [1.165, 1.54) is 11.8 Å². The minimum Gasteiger partial charge on any atom is -0.379 e. The quantitative estimate of drug-likeness (QED) is 0.446. The number of nitrogens with one attached hydrogen (secondary N) is 1. The highest BCUT2D eigenvalue weighted by Gasteiger charge is 2.15. The van der Waals surface area contributed by atoms with E-state index in [1.54, 1.807) is 0 Å².